The van der Waals surface area contributed by atoms with Crippen LogP contribution in [-0.2, 0) is 0 Å². The predicted molar refractivity (Wildman–Crippen MR) is 65.3 cm³/mol. The molecule has 0 bridgehead atoms. The van der Waals surface area contributed by atoms with E-state index in [0.717, 1.165) is 12.8 Å². The molecule has 1 aliphatic rings. The van der Waals surface area contributed by atoms with E-state index in [1.54, 1.807) is 0 Å². The highest BCUT2D eigenvalue weighted by atomic mass is 32.2. The van der Waals surface area contributed by atoms with Crippen LogP contribution >= 0.6 is 11.8 Å². The number of aliphatic hydroxyl groups is 1. The van der Waals surface area contributed by atoms with E-state index in [2.05, 4.69) is 31.2 Å². The van der Waals surface area contributed by atoms with Crippen molar-refractivity contribution in [2.45, 2.75) is 48.9 Å². The second-order valence-electron chi connectivity index (χ2n) is 4.32. The van der Waals surface area contributed by atoms with Crippen LogP contribution in [0.3, 0.4) is 0 Å². The molecule has 1 aliphatic carbocycles. The van der Waals surface area contributed by atoms with E-state index in [0.29, 0.717) is 5.25 Å². The summed E-state index contributed by atoms with van der Waals surface area (Å²) >= 11 is 1.84. The summed E-state index contributed by atoms with van der Waals surface area (Å²) in [6, 6.07) is 8.54. The summed E-state index contributed by atoms with van der Waals surface area (Å²) in [6.07, 6.45) is 4.47. The van der Waals surface area contributed by atoms with E-state index in [1.807, 2.05) is 11.8 Å². The molecule has 1 N–H and O–H groups in total. The third kappa shape index (κ3) is 2.99. The molecule has 0 aromatic heterocycles. The molecule has 0 heterocycles. The minimum absolute atomic E-state index is 0.107. The van der Waals surface area contributed by atoms with E-state index in [9.17, 15) is 5.11 Å². The first-order valence-electron chi connectivity index (χ1n) is 5.67. The highest BCUT2D eigenvalue weighted by molar-refractivity contribution is 8.00. The summed E-state index contributed by atoms with van der Waals surface area (Å²) < 4.78 is 0. The van der Waals surface area contributed by atoms with Gasteiger partial charge in [-0.25, -0.2) is 0 Å². The molecule has 2 rings (SSSR count). The van der Waals surface area contributed by atoms with Gasteiger partial charge >= 0.3 is 0 Å². The lowest BCUT2D eigenvalue weighted by Crippen LogP contribution is -2.26. The zero-order chi connectivity index (χ0) is 10.7. The number of aryl methyl sites for hydroxylation is 1. The fourth-order valence-electron chi connectivity index (χ4n) is 2.08. The van der Waals surface area contributed by atoms with Crippen molar-refractivity contribution < 1.29 is 5.11 Å². The van der Waals surface area contributed by atoms with Crippen LogP contribution in [0.1, 0.15) is 31.2 Å². The molecule has 0 unspecified atom stereocenters. The fourth-order valence-corrected chi connectivity index (χ4v) is 3.42. The molecule has 2 atom stereocenters. The van der Waals surface area contributed by atoms with Crippen molar-refractivity contribution >= 4 is 11.8 Å². The lowest BCUT2D eigenvalue weighted by molar-refractivity contribution is 0.137. The summed E-state index contributed by atoms with van der Waals surface area (Å²) in [7, 11) is 0. The van der Waals surface area contributed by atoms with Crippen LogP contribution in [0.25, 0.3) is 0 Å². The first-order chi connectivity index (χ1) is 7.25. The number of thioether (sulfide) groups is 1. The van der Waals surface area contributed by atoms with E-state index in [-0.39, 0.29) is 6.10 Å². The maximum atomic E-state index is 9.88. The van der Waals surface area contributed by atoms with Gasteiger partial charge in [0.1, 0.15) is 0 Å². The Morgan fingerprint density at radius 3 is 2.80 bits per heavy atom. The lowest BCUT2D eigenvalue weighted by atomic mass is 9.97. The summed E-state index contributed by atoms with van der Waals surface area (Å²) in [5, 5.41) is 10.3. The standard InChI is InChI=1S/C13H18OS/c1-10-5-4-6-11(9-10)15-13-8-3-2-7-12(13)14/h4-6,9,12-14H,2-3,7-8H2,1H3/t12-,13-/m0/s1. The van der Waals surface area contributed by atoms with Gasteiger partial charge in [-0.3, -0.25) is 0 Å². The monoisotopic (exact) mass is 222 g/mol. The van der Waals surface area contributed by atoms with Crippen LogP contribution in [-0.4, -0.2) is 16.5 Å². The number of hydrogen-bond acceptors (Lipinski definition) is 2. The van der Waals surface area contributed by atoms with Gasteiger partial charge in [0, 0.05) is 10.1 Å². The van der Waals surface area contributed by atoms with Crippen molar-refractivity contribution in [3.05, 3.63) is 29.8 Å². The van der Waals surface area contributed by atoms with Gasteiger partial charge in [-0.15, -0.1) is 11.8 Å². The van der Waals surface area contributed by atoms with Gasteiger partial charge in [0.25, 0.3) is 0 Å². The summed E-state index contributed by atoms with van der Waals surface area (Å²) in [5.41, 5.74) is 1.30. The molecule has 0 saturated heterocycles. The summed E-state index contributed by atoms with van der Waals surface area (Å²) in [5.74, 6) is 0. The van der Waals surface area contributed by atoms with Crippen molar-refractivity contribution in [1.82, 2.24) is 0 Å². The Kier molecular flexibility index (Phi) is 3.71. The van der Waals surface area contributed by atoms with Gasteiger partial charge in [0.05, 0.1) is 6.10 Å². The fraction of sp³-hybridized carbons (Fsp3) is 0.538. The van der Waals surface area contributed by atoms with Gasteiger partial charge in [0.15, 0.2) is 0 Å². The number of aliphatic hydroxyl groups excluding tert-OH is 1. The third-order valence-electron chi connectivity index (χ3n) is 2.94. The summed E-state index contributed by atoms with van der Waals surface area (Å²) in [6.45, 7) is 2.11. The molecular weight excluding hydrogens is 204 g/mol. The molecule has 0 amide bonds. The van der Waals surface area contributed by atoms with Crippen molar-refractivity contribution in [3.8, 4) is 0 Å². The first kappa shape index (κ1) is 11.0. The number of benzene rings is 1. The Balaban J connectivity index is 2.01. The van der Waals surface area contributed by atoms with Crippen LogP contribution in [0.5, 0.6) is 0 Å². The quantitative estimate of drug-likeness (QED) is 0.827. The van der Waals surface area contributed by atoms with Crippen LogP contribution in [0.2, 0.25) is 0 Å². The molecule has 0 spiro atoms. The van der Waals surface area contributed by atoms with Gasteiger partial charge in [-0.05, 0) is 31.9 Å². The molecule has 82 valence electrons. The highest BCUT2D eigenvalue weighted by Crippen LogP contribution is 2.33. The number of hydrogen-bond donors (Lipinski definition) is 1. The topological polar surface area (TPSA) is 20.2 Å². The summed E-state index contributed by atoms with van der Waals surface area (Å²) in [4.78, 5) is 1.29. The smallest absolute Gasteiger partial charge is 0.0662 e. The molecule has 0 radical (unpaired) electrons. The Morgan fingerprint density at radius 2 is 2.07 bits per heavy atom. The molecule has 1 aromatic carbocycles. The zero-order valence-corrected chi connectivity index (χ0v) is 9.96. The van der Waals surface area contributed by atoms with Crippen LogP contribution in [0.15, 0.2) is 29.2 Å². The average molecular weight is 222 g/mol. The Morgan fingerprint density at radius 1 is 1.27 bits per heavy atom. The van der Waals surface area contributed by atoms with Crippen LogP contribution in [0, 0.1) is 6.92 Å². The second-order valence-corrected chi connectivity index (χ2v) is 5.64. The first-order valence-corrected chi connectivity index (χ1v) is 6.55. The van der Waals surface area contributed by atoms with E-state index in [1.165, 1.54) is 23.3 Å². The largest absolute Gasteiger partial charge is 0.392 e. The Hall–Kier alpha value is -0.470. The third-order valence-corrected chi connectivity index (χ3v) is 4.32. The van der Waals surface area contributed by atoms with Crippen LogP contribution < -0.4 is 0 Å². The van der Waals surface area contributed by atoms with Crippen molar-refractivity contribution in [1.29, 1.82) is 0 Å². The molecule has 1 aromatic rings. The minimum atomic E-state index is -0.107. The van der Waals surface area contributed by atoms with Crippen molar-refractivity contribution in [2.24, 2.45) is 0 Å². The minimum Gasteiger partial charge on any atom is -0.392 e. The van der Waals surface area contributed by atoms with E-state index >= 15 is 0 Å². The normalized spacial score (nSPS) is 26.5. The van der Waals surface area contributed by atoms with Gasteiger partial charge < -0.3 is 5.11 Å². The maximum Gasteiger partial charge on any atom is 0.0662 e. The maximum absolute atomic E-state index is 9.88. The molecule has 1 nitrogen and oxygen atoms in total. The number of rotatable bonds is 2. The second kappa shape index (κ2) is 5.04. The lowest BCUT2D eigenvalue weighted by Gasteiger charge is -2.26. The van der Waals surface area contributed by atoms with E-state index in [4.69, 9.17) is 0 Å². The SMILES string of the molecule is Cc1cccc(S[C@H]2CCCC[C@@H]2O)c1. The van der Waals surface area contributed by atoms with Gasteiger partial charge in [-0.2, -0.15) is 0 Å². The van der Waals surface area contributed by atoms with Gasteiger partial charge in [-0.1, -0.05) is 30.5 Å². The Labute approximate surface area is 95.9 Å². The van der Waals surface area contributed by atoms with Crippen molar-refractivity contribution in [3.63, 3.8) is 0 Å². The van der Waals surface area contributed by atoms with Crippen LogP contribution in [0.4, 0.5) is 0 Å². The molecule has 1 saturated carbocycles. The average Bonchev–Trinajstić information content (AvgIpc) is 2.22. The van der Waals surface area contributed by atoms with E-state index < -0.39 is 0 Å². The predicted octanol–water partition coefficient (Wildman–Crippen LogP) is 3.39. The van der Waals surface area contributed by atoms with Crippen molar-refractivity contribution in [2.75, 3.05) is 0 Å². The highest BCUT2D eigenvalue weighted by Gasteiger charge is 2.23. The van der Waals surface area contributed by atoms with Gasteiger partial charge in [0.2, 0.25) is 0 Å². The molecule has 1 fully saturated rings. The molecule has 15 heavy (non-hydrogen) atoms. The molecule has 0 aliphatic heterocycles. The molecule has 2 heteroatoms. The molecular formula is C13H18OS. The zero-order valence-electron chi connectivity index (χ0n) is 9.15. The Bertz CT molecular complexity index is 324.